The first-order chi connectivity index (χ1) is 6.65. The number of benzene rings is 1. The van der Waals surface area contributed by atoms with Crippen LogP contribution in [-0.2, 0) is 0 Å². The van der Waals surface area contributed by atoms with Crippen LogP contribution in [0.3, 0.4) is 0 Å². The van der Waals surface area contributed by atoms with E-state index in [4.69, 9.17) is 10.5 Å². The predicted molar refractivity (Wildman–Crippen MR) is 66.6 cm³/mol. The molecule has 2 N–H and O–H groups in total. The fourth-order valence-electron chi connectivity index (χ4n) is 1.61. The summed E-state index contributed by atoms with van der Waals surface area (Å²) in [5.74, 6) is 1.50. The quantitative estimate of drug-likeness (QED) is 0.861. The number of hydrogen-bond donors (Lipinski definition) is 1. The zero-order chi connectivity index (χ0) is 10.6. The smallest absolute Gasteiger partial charge is 0.123 e. The molecule has 2 nitrogen and oxygen atoms in total. The Labute approximate surface area is 98.2 Å². The van der Waals surface area contributed by atoms with Crippen molar-refractivity contribution in [2.45, 2.75) is 26.3 Å². The Morgan fingerprint density at radius 2 is 1.87 bits per heavy atom. The van der Waals surface area contributed by atoms with E-state index >= 15 is 0 Å². The van der Waals surface area contributed by atoms with Crippen molar-refractivity contribution in [3.8, 4) is 5.75 Å². The van der Waals surface area contributed by atoms with Gasteiger partial charge < -0.3 is 10.5 Å². The average Bonchev–Trinajstić information content (AvgIpc) is 2.16. The number of nitrogens with two attached hydrogens (primary N) is 1. The molecule has 0 aromatic heterocycles. The van der Waals surface area contributed by atoms with E-state index in [-0.39, 0.29) is 18.4 Å². The van der Waals surface area contributed by atoms with Gasteiger partial charge in [0.05, 0.1) is 7.11 Å². The SMILES string of the molecule is COc1ccccc1[C@H](N)CC(C)C.Cl. The molecule has 1 aromatic rings. The topological polar surface area (TPSA) is 35.2 Å². The Balaban J connectivity index is 0.00000196. The molecular weight excluding hydrogens is 210 g/mol. The van der Waals surface area contributed by atoms with E-state index in [9.17, 15) is 0 Å². The molecule has 0 heterocycles. The van der Waals surface area contributed by atoms with E-state index in [2.05, 4.69) is 13.8 Å². The zero-order valence-electron chi connectivity index (χ0n) is 9.57. The molecule has 0 saturated heterocycles. The van der Waals surface area contributed by atoms with Crippen molar-refractivity contribution in [1.29, 1.82) is 0 Å². The van der Waals surface area contributed by atoms with Gasteiger partial charge in [0.15, 0.2) is 0 Å². The van der Waals surface area contributed by atoms with E-state index in [0.717, 1.165) is 17.7 Å². The van der Waals surface area contributed by atoms with Crippen molar-refractivity contribution < 1.29 is 4.74 Å². The van der Waals surface area contributed by atoms with E-state index < -0.39 is 0 Å². The highest BCUT2D eigenvalue weighted by Gasteiger charge is 2.12. The van der Waals surface area contributed by atoms with E-state index in [0.29, 0.717) is 5.92 Å². The molecule has 0 unspecified atom stereocenters. The zero-order valence-corrected chi connectivity index (χ0v) is 10.4. The Kier molecular flexibility index (Phi) is 6.37. The van der Waals surface area contributed by atoms with Crippen LogP contribution in [0.25, 0.3) is 0 Å². The van der Waals surface area contributed by atoms with Crippen LogP contribution in [0.15, 0.2) is 24.3 Å². The van der Waals surface area contributed by atoms with Gasteiger partial charge in [0, 0.05) is 11.6 Å². The van der Waals surface area contributed by atoms with Crippen LogP contribution in [0.5, 0.6) is 5.75 Å². The van der Waals surface area contributed by atoms with Gasteiger partial charge in [0.1, 0.15) is 5.75 Å². The van der Waals surface area contributed by atoms with Gasteiger partial charge in [0.25, 0.3) is 0 Å². The van der Waals surface area contributed by atoms with Gasteiger partial charge in [-0.15, -0.1) is 12.4 Å². The van der Waals surface area contributed by atoms with Crippen LogP contribution >= 0.6 is 12.4 Å². The molecule has 1 rings (SSSR count). The maximum atomic E-state index is 6.09. The van der Waals surface area contributed by atoms with Crippen LogP contribution in [0.1, 0.15) is 31.9 Å². The predicted octanol–water partition coefficient (Wildman–Crippen LogP) is 3.16. The maximum Gasteiger partial charge on any atom is 0.123 e. The lowest BCUT2D eigenvalue weighted by molar-refractivity contribution is 0.399. The fraction of sp³-hybridized carbons (Fsp3) is 0.500. The van der Waals surface area contributed by atoms with Crippen LogP contribution in [0.4, 0.5) is 0 Å². The minimum Gasteiger partial charge on any atom is -0.496 e. The molecule has 0 fully saturated rings. The lowest BCUT2D eigenvalue weighted by atomic mass is 9.97. The van der Waals surface area contributed by atoms with Gasteiger partial charge in [0.2, 0.25) is 0 Å². The van der Waals surface area contributed by atoms with Crippen LogP contribution < -0.4 is 10.5 Å². The summed E-state index contributed by atoms with van der Waals surface area (Å²) in [6.45, 7) is 4.35. The normalized spacial score (nSPS) is 12.1. The first-order valence-electron chi connectivity index (χ1n) is 5.03. The van der Waals surface area contributed by atoms with Crippen molar-refractivity contribution in [3.63, 3.8) is 0 Å². The Morgan fingerprint density at radius 3 is 2.40 bits per heavy atom. The number of methoxy groups -OCH3 is 1. The summed E-state index contributed by atoms with van der Waals surface area (Å²) >= 11 is 0. The van der Waals surface area contributed by atoms with Crippen LogP contribution in [0, 0.1) is 5.92 Å². The number of halogens is 1. The van der Waals surface area contributed by atoms with E-state index in [1.54, 1.807) is 7.11 Å². The molecule has 0 radical (unpaired) electrons. The second-order valence-electron chi connectivity index (χ2n) is 3.98. The maximum absolute atomic E-state index is 6.09. The third-order valence-corrected chi connectivity index (χ3v) is 2.26. The minimum atomic E-state index is 0. The lowest BCUT2D eigenvalue weighted by Crippen LogP contribution is -2.13. The molecular formula is C12H20ClNO. The number of rotatable bonds is 4. The van der Waals surface area contributed by atoms with Gasteiger partial charge in [-0.2, -0.15) is 0 Å². The highest BCUT2D eigenvalue weighted by atomic mass is 35.5. The summed E-state index contributed by atoms with van der Waals surface area (Å²) in [5, 5.41) is 0. The summed E-state index contributed by atoms with van der Waals surface area (Å²) in [6.07, 6.45) is 0.986. The largest absolute Gasteiger partial charge is 0.496 e. The van der Waals surface area contributed by atoms with E-state index in [1.165, 1.54) is 0 Å². The lowest BCUT2D eigenvalue weighted by Gasteiger charge is -2.17. The molecule has 86 valence electrons. The summed E-state index contributed by atoms with van der Waals surface area (Å²) in [7, 11) is 1.68. The monoisotopic (exact) mass is 229 g/mol. The van der Waals surface area contributed by atoms with Gasteiger partial charge in [-0.05, 0) is 18.4 Å². The first kappa shape index (κ1) is 14.3. The number of hydrogen-bond acceptors (Lipinski definition) is 2. The molecule has 0 aliphatic carbocycles. The van der Waals surface area contributed by atoms with Crippen molar-refractivity contribution in [2.75, 3.05) is 7.11 Å². The molecule has 0 amide bonds. The van der Waals surface area contributed by atoms with Gasteiger partial charge >= 0.3 is 0 Å². The Hall–Kier alpha value is -0.730. The average molecular weight is 230 g/mol. The molecule has 0 bridgehead atoms. The number of ether oxygens (including phenoxy) is 1. The molecule has 0 spiro atoms. The van der Waals surface area contributed by atoms with Crippen LogP contribution in [-0.4, -0.2) is 7.11 Å². The molecule has 0 aliphatic heterocycles. The Morgan fingerprint density at radius 1 is 1.27 bits per heavy atom. The molecule has 0 aliphatic rings. The summed E-state index contributed by atoms with van der Waals surface area (Å²) in [5.41, 5.74) is 7.19. The third kappa shape index (κ3) is 4.10. The van der Waals surface area contributed by atoms with Crippen molar-refractivity contribution >= 4 is 12.4 Å². The molecule has 1 aromatic carbocycles. The second-order valence-corrected chi connectivity index (χ2v) is 3.98. The molecule has 3 heteroatoms. The van der Waals surface area contributed by atoms with Gasteiger partial charge in [-0.3, -0.25) is 0 Å². The molecule has 15 heavy (non-hydrogen) atoms. The summed E-state index contributed by atoms with van der Waals surface area (Å²) in [6, 6.07) is 8.02. The van der Waals surface area contributed by atoms with Gasteiger partial charge in [-0.25, -0.2) is 0 Å². The van der Waals surface area contributed by atoms with Crippen LogP contribution in [0.2, 0.25) is 0 Å². The van der Waals surface area contributed by atoms with Crippen molar-refractivity contribution in [1.82, 2.24) is 0 Å². The highest BCUT2D eigenvalue weighted by Crippen LogP contribution is 2.26. The third-order valence-electron chi connectivity index (χ3n) is 2.26. The first-order valence-corrected chi connectivity index (χ1v) is 5.03. The summed E-state index contributed by atoms with van der Waals surface area (Å²) in [4.78, 5) is 0. The van der Waals surface area contributed by atoms with Crippen molar-refractivity contribution in [3.05, 3.63) is 29.8 Å². The fourth-order valence-corrected chi connectivity index (χ4v) is 1.61. The van der Waals surface area contributed by atoms with Gasteiger partial charge in [-0.1, -0.05) is 32.0 Å². The number of para-hydroxylation sites is 1. The summed E-state index contributed by atoms with van der Waals surface area (Å²) < 4.78 is 5.27. The molecule has 1 atom stereocenters. The van der Waals surface area contributed by atoms with E-state index in [1.807, 2.05) is 24.3 Å². The molecule has 0 saturated carbocycles. The van der Waals surface area contributed by atoms with Crippen molar-refractivity contribution in [2.24, 2.45) is 11.7 Å². The standard InChI is InChI=1S/C12H19NO.ClH/c1-9(2)8-11(13)10-6-4-5-7-12(10)14-3;/h4-7,9,11H,8,13H2,1-3H3;1H/t11-;/m1./s1. The minimum absolute atomic E-state index is 0. The second kappa shape index (κ2) is 6.70. The Bertz CT molecular complexity index is 289. The highest BCUT2D eigenvalue weighted by molar-refractivity contribution is 5.85.